The molecule has 0 fully saturated rings. The molecule has 1 N–H and O–H groups in total. The van der Waals surface area contributed by atoms with Crippen LogP contribution in [0.5, 0.6) is 0 Å². The molecule has 9 heteroatoms. The lowest BCUT2D eigenvalue weighted by Crippen LogP contribution is -2.34. The highest BCUT2D eigenvalue weighted by Gasteiger charge is 2.34. The summed E-state index contributed by atoms with van der Waals surface area (Å²) >= 11 is 0. The fourth-order valence-corrected chi connectivity index (χ4v) is 2.22. The second kappa shape index (κ2) is 4.90. The number of nitrogens with one attached hydrogen (secondary N) is 1. The van der Waals surface area contributed by atoms with Crippen LogP contribution in [-0.2, 0) is 19.3 Å². The molecule has 0 atom stereocenters. The van der Waals surface area contributed by atoms with Crippen LogP contribution in [0.3, 0.4) is 0 Å². The van der Waals surface area contributed by atoms with Gasteiger partial charge in [0.15, 0.2) is 5.69 Å². The number of fused-ring (bicyclic) bond motifs is 1. The zero-order valence-electron chi connectivity index (χ0n) is 11.2. The average molecular weight is 298 g/mol. The van der Waals surface area contributed by atoms with Gasteiger partial charge in [0.25, 0.3) is 0 Å². The monoisotopic (exact) mass is 298 g/mol. The van der Waals surface area contributed by atoms with Crippen molar-refractivity contribution in [3.8, 4) is 0 Å². The number of hydrogen-bond donors (Lipinski definition) is 1. The molecule has 1 aliphatic heterocycles. The Morgan fingerprint density at radius 2 is 2.05 bits per heavy atom. The van der Waals surface area contributed by atoms with Crippen LogP contribution < -0.4 is 10.2 Å². The Kier molecular flexibility index (Phi) is 3.19. The molecule has 1 aliphatic rings. The van der Waals surface area contributed by atoms with Crippen molar-refractivity contribution in [2.24, 2.45) is 0 Å². The normalized spacial score (nSPS) is 15.0. The van der Waals surface area contributed by atoms with Gasteiger partial charge in [-0.3, -0.25) is 0 Å². The molecule has 0 radical (unpaired) electrons. The van der Waals surface area contributed by atoms with E-state index in [-0.39, 0.29) is 11.8 Å². The second-order valence-electron chi connectivity index (χ2n) is 4.64. The van der Waals surface area contributed by atoms with Crippen LogP contribution in [0, 0.1) is 0 Å². The second-order valence-corrected chi connectivity index (χ2v) is 4.64. The minimum absolute atomic E-state index is 0.0475. The molecule has 0 aromatic carbocycles. The van der Waals surface area contributed by atoms with E-state index >= 15 is 0 Å². The fourth-order valence-electron chi connectivity index (χ4n) is 2.22. The predicted octanol–water partition coefficient (Wildman–Crippen LogP) is 1.75. The SMILES string of the molecule is CNc1nc(N2CCn3ccnc3C2)cc(C(F)(F)F)n1. The smallest absolute Gasteiger partial charge is 0.357 e. The van der Waals surface area contributed by atoms with Gasteiger partial charge in [-0.2, -0.15) is 18.2 Å². The molecule has 0 bridgehead atoms. The third-order valence-corrected chi connectivity index (χ3v) is 3.30. The summed E-state index contributed by atoms with van der Waals surface area (Å²) in [6, 6.07) is 0.972. The van der Waals surface area contributed by atoms with E-state index in [1.807, 2.05) is 10.8 Å². The van der Waals surface area contributed by atoms with Gasteiger partial charge in [-0.1, -0.05) is 0 Å². The van der Waals surface area contributed by atoms with Crippen LogP contribution in [0.15, 0.2) is 18.5 Å². The van der Waals surface area contributed by atoms with Gasteiger partial charge < -0.3 is 14.8 Å². The van der Waals surface area contributed by atoms with Gasteiger partial charge in [0.05, 0.1) is 6.54 Å². The van der Waals surface area contributed by atoms with Crippen LogP contribution in [0.4, 0.5) is 24.9 Å². The Morgan fingerprint density at radius 3 is 2.76 bits per heavy atom. The Bertz CT molecular complexity index is 651. The molecule has 3 heterocycles. The third-order valence-electron chi connectivity index (χ3n) is 3.30. The number of rotatable bonds is 2. The van der Waals surface area contributed by atoms with E-state index in [0.717, 1.165) is 11.9 Å². The van der Waals surface area contributed by atoms with E-state index < -0.39 is 11.9 Å². The van der Waals surface area contributed by atoms with Crippen LogP contribution in [0.1, 0.15) is 11.5 Å². The van der Waals surface area contributed by atoms with Crippen LogP contribution in [0.2, 0.25) is 0 Å². The maximum Gasteiger partial charge on any atom is 0.433 e. The lowest BCUT2D eigenvalue weighted by atomic mass is 10.3. The molecule has 0 saturated heterocycles. The summed E-state index contributed by atoms with van der Waals surface area (Å²) in [5.41, 5.74) is -0.953. The molecule has 3 rings (SSSR count). The molecule has 2 aromatic heterocycles. The summed E-state index contributed by atoms with van der Waals surface area (Å²) in [4.78, 5) is 13.5. The van der Waals surface area contributed by atoms with Gasteiger partial charge in [-0.25, -0.2) is 9.97 Å². The van der Waals surface area contributed by atoms with Crippen molar-refractivity contribution in [2.45, 2.75) is 19.3 Å². The van der Waals surface area contributed by atoms with Crippen LogP contribution >= 0.6 is 0 Å². The van der Waals surface area contributed by atoms with Crippen molar-refractivity contribution in [3.63, 3.8) is 0 Å². The van der Waals surface area contributed by atoms with E-state index in [9.17, 15) is 13.2 Å². The van der Waals surface area contributed by atoms with Crippen molar-refractivity contribution in [1.82, 2.24) is 19.5 Å². The minimum atomic E-state index is -4.50. The molecule has 0 amide bonds. The van der Waals surface area contributed by atoms with Crippen molar-refractivity contribution in [3.05, 3.63) is 30.0 Å². The standard InChI is InChI=1S/C12H13F3N6/c1-16-11-18-8(12(13,14)15)6-9(19-11)21-5-4-20-3-2-17-10(20)7-21/h2-3,6H,4-5,7H2,1H3,(H,16,18,19). The summed E-state index contributed by atoms with van der Waals surface area (Å²) in [5.74, 6) is 1.00. The number of hydrogen-bond acceptors (Lipinski definition) is 5. The molecular formula is C12H13F3N6. The van der Waals surface area contributed by atoms with Crippen molar-refractivity contribution in [2.75, 3.05) is 23.8 Å². The average Bonchev–Trinajstić information content (AvgIpc) is 2.93. The quantitative estimate of drug-likeness (QED) is 0.915. The van der Waals surface area contributed by atoms with Crippen LogP contribution in [-0.4, -0.2) is 33.1 Å². The summed E-state index contributed by atoms with van der Waals surface area (Å²) in [7, 11) is 1.49. The highest BCUT2D eigenvalue weighted by Crippen LogP contribution is 2.31. The van der Waals surface area contributed by atoms with Gasteiger partial charge in [-0.05, 0) is 0 Å². The summed E-state index contributed by atoms with van der Waals surface area (Å²) < 4.78 is 40.6. The molecule has 0 saturated carbocycles. The van der Waals surface area contributed by atoms with Crippen molar-refractivity contribution >= 4 is 11.8 Å². The van der Waals surface area contributed by atoms with Gasteiger partial charge in [0.1, 0.15) is 11.6 Å². The van der Waals surface area contributed by atoms with E-state index in [0.29, 0.717) is 19.6 Å². The highest BCUT2D eigenvalue weighted by atomic mass is 19.4. The molecule has 6 nitrogen and oxygen atoms in total. The minimum Gasteiger partial charge on any atom is -0.357 e. The fraction of sp³-hybridized carbons (Fsp3) is 0.417. The number of anilines is 2. The van der Waals surface area contributed by atoms with E-state index in [1.54, 1.807) is 11.1 Å². The number of halogens is 3. The molecule has 112 valence electrons. The Labute approximate surface area is 118 Å². The van der Waals surface area contributed by atoms with Gasteiger partial charge in [0, 0.05) is 38.6 Å². The van der Waals surface area contributed by atoms with Crippen molar-refractivity contribution < 1.29 is 13.2 Å². The summed E-state index contributed by atoms with van der Waals surface area (Å²) in [6.45, 7) is 1.65. The summed E-state index contributed by atoms with van der Waals surface area (Å²) in [5, 5.41) is 2.56. The maximum absolute atomic E-state index is 12.9. The van der Waals surface area contributed by atoms with Gasteiger partial charge in [-0.15, -0.1) is 0 Å². The summed E-state index contributed by atoms with van der Waals surface area (Å²) in [6.07, 6.45) is -0.969. The topological polar surface area (TPSA) is 58.9 Å². The van der Waals surface area contributed by atoms with Gasteiger partial charge in [0.2, 0.25) is 5.95 Å². The lowest BCUT2D eigenvalue weighted by molar-refractivity contribution is -0.141. The molecular weight excluding hydrogens is 285 g/mol. The van der Waals surface area contributed by atoms with E-state index in [2.05, 4.69) is 20.3 Å². The van der Waals surface area contributed by atoms with Gasteiger partial charge >= 0.3 is 6.18 Å². The zero-order valence-corrected chi connectivity index (χ0v) is 11.2. The first-order valence-corrected chi connectivity index (χ1v) is 6.36. The Morgan fingerprint density at radius 1 is 1.24 bits per heavy atom. The largest absolute Gasteiger partial charge is 0.433 e. The first-order valence-electron chi connectivity index (χ1n) is 6.36. The number of aromatic nitrogens is 4. The first kappa shape index (κ1) is 13.7. The third kappa shape index (κ3) is 2.63. The van der Waals surface area contributed by atoms with Crippen LogP contribution in [0.25, 0.3) is 0 Å². The number of alkyl halides is 3. The molecule has 2 aromatic rings. The zero-order chi connectivity index (χ0) is 15.0. The molecule has 21 heavy (non-hydrogen) atoms. The Balaban J connectivity index is 1.95. The molecule has 0 aliphatic carbocycles. The van der Waals surface area contributed by atoms with Crippen molar-refractivity contribution in [1.29, 1.82) is 0 Å². The van der Waals surface area contributed by atoms with E-state index in [4.69, 9.17) is 0 Å². The van der Waals surface area contributed by atoms with E-state index in [1.165, 1.54) is 7.05 Å². The number of imidazole rings is 1. The lowest BCUT2D eigenvalue weighted by Gasteiger charge is -2.29. The first-order chi connectivity index (χ1) is 9.97. The molecule has 0 unspecified atom stereocenters. The maximum atomic E-state index is 12.9. The highest BCUT2D eigenvalue weighted by molar-refractivity contribution is 5.46. The number of nitrogens with zero attached hydrogens (tertiary/aromatic N) is 5. The molecule has 0 spiro atoms. The Hall–Kier alpha value is -2.32. The predicted molar refractivity (Wildman–Crippen MR) is 69.9 cm³/mol.